The summed E-state index contributed by atoms with van der Waals surface area (Å²) in [4.78, 5) is 34.3. The molecule has 2 fully saturated rings. The van der Waals surface area contributed by atoms with Gasteiger partial charge in [-0.15, -0.1) is 0 Å². The number of fused-ring (bicyclic) bond motifs is 1. The van der Waals surface area contributed by atoms with Crippen LogP contribution in [-0.4, -0.2) is 50.0 Å². The van der Waals surface area contributed by atoms with Crippen LogP contribution in [0.3, 0.4) is 0 Å². The Kier molecular flexibility index (Phi) is 7.29. The fourth-order valence-corrected chi connectivity index (χ4v) is 6.41. The predicted molar refractivity (Wildman–Crippen MR) is 149 cm³/mol. The largest absolute Gasteiger partial charge is 0.384 e. The van der Waals surface area contributed by atoms with Gasteiger partial charge in [0.15, 0.2) is 0 Å². The molecule has 1 unspecified atom stereocenters. The standard InChI is InChI=1S/C31H30F3N5O4/c1-30(2)15-39(14-17-3-4-20(21(11-17)27(33)34)28-36-16-43-38-28)10-9-31(30,42)23-6-7-24-22(26(23)32)12-18(13-35-24)19-5-8-25(40)37-29(19)41/h3-4,6-7,11-13,16,19,27,42H,5,8-10,14-15H2,1-2H3,(H,37,40,41)/t19?,31-/m1/s1. The molecule has 224 valence electrons. The third kappa shape index (κ3) is 5.18. The highest BCUT2D eigenvalue weighted by atomic mass is 19.3. The quantitative estimate of drug-likeness (QED) is 0.300. The summed E-state index contributed by atoms with van der Waals surface area (Å²) in [6.07, 6.45) is 0.565. The number of pyridine rings is 1. The fraction of sp³-hybridized carbons (Fsp3) is 0.387. The van der Waals surface area contributed by atoms with Gasteiger partial charge >= 0.3 is 0 Å². The lowest BCUT2D eigenvalue weighted by Gasteiger charge is -2.50. The number of aromatic nitrogens is 3. The van der Waals surface area contributed by atoms with Crippen LogP contribution in [-0.2, 0) is 21.7 Å². The van der Waals surface area contributed by atoms with Crippen molar-refractivity contribution in [3.8, 4) is 11.4 Å². The summed E-state index contributed by atoms with van der Waals surface area (Å²) in [6, 6.07) is 9.50. The number of benzene rings is 2. The second-order valence-electron chi connectivity index (χ2n) is 11.9. The molecule has 12 heteroatoms. The third-order valence-electron chi connectivity index (χ3n) is 8.80. The van der Waals surface area contributed by atoms with Crippen LogP contribution in [0, 0.1) is 11.2 Å². The van der Waals surface area contributed by atoms with Gasteiger partial charge in [-0.2, -0.15) is 4.98 Å². The number of amides is 2. The molecular formula is C31H30F3N5O4. The molecule has 9 nitrogen and oxygen atoms in total. The van der Waals surface area contributed by atoms with Crippen LogP contribution in [0.5, 0.6) is 0 Å². The molecule has 2 aromatic heterocycles. The summed E-state index contributed by atoms with van der Waals surface area (Å²) >= 11 is 0. The normalized spacial score (nSPS) is 22.7. The number of rotatable bonds is 6. The fourth-order valence-electron chi connectivity index (χ4n) is 6.41. The summed E-state index contributed by atoms with van der Waals surface area (Å²) in [5.41, 5.74) is -0.686. The average molecular weight is 594 g/mol. The Morgan fingerprint density at radius 3 is 2.67 bits per heavy atom. The van der Waals surface area contributed by atoms with Crippen molar-refractivity contribution in [1.82, 2.24) is 25.3 Å². The van der Waals surface area contributed by atoms with Crippen LogP contribution in [0.1, 0.15) is 67.7 Å². The minimum atomic E-state index is -2.74. The minimum absolute atomic E-state index is 0.0860. The number of aliphatic hydroxyl groups is 1. The Balaban J connectivity index is 1.25. The molecule has 0 bridgehead atoms. The SMILES string of the molecule is CC1(C)CN(Cc2ccc(-c3ncon3)c(C(F)F)c2)CC[C@@]1(O)c1ccc2ncc(C3CCC(=O)NC3=O)cc2c1F. The van der Waals surface area contributed by atoms with Crippen molar-refractivity contribution < 1.29 is 32.4 Å². The Morgan fingerprint density at radius 2 is 1.98 bits per heavy atom. The molecule has 0 spiro atoms. The lowest BCUT2D eigenvalue weighted by molar-refractivity contribution is -0.134. The smallest absolute Gasteiger partial charge is 0.264 e. The summed E-state index contributed by atoms with van der Waals surface area (Å²) in [5, 5.41) is 18.2. The van der Waals surface area contributed by atoms with Gasteiger partial charge in [-0.1, -0.05) is 37.2 Å². The monoisotopic (exact) mass is 593 g/mol. The van der Waals surface area contributed by atoms with E-state index >= 15 is 4.39 Å². The number of carbonyl (C=O) groups excluding carboxylic acids is 2. The molecule has 2 N–H and O–H groups in total. The maximum absolute atomic E-state index is 16.2. The zero-order valence-electron chi connectivity index (χ0n) is 23.6. The van der Waals surface area contributed by atoms with E-state index in [9.17, 15) is 23.5 Å². The number of hydrogen-bond donors (Lipinski definition) is 2. The van der Waals surface area contributed by atoms with Gasteiger partial charge in [-0.05, 0) is 42.2 Å². The Morgan fingerprint density at radius 1 is 1.16 bits per heavy atom. The van der Waals surface area contributed by atoms with Crippen molar-refractivity contribution in [1.29, 1.82) is 0 Å². The molecule has 4 heterocycles. The number of likely N-dealkylation sites (tertiary alicyclic amines) is 1. The van der Waals surface area contributed by atoms with Gasteiger partial charge in [0.2, 0.25) is 24.0 Å². The van der Waals surface area contributed by atoms with Crippen LogP contribution < -0.4 is 5.32 Å². The van der Waals surface area contributed by atoms with Crippen molar-refractivity contribution in [2.24, 2.45) is 5.41 Å². The van der Waals surface area contributed by atoms with E-state index in [4.69, 9.17) is 4.52 Å². The zero-order valence-corrected chi connectivity index (χ0v) is 23.6. The Bertz CT molecular complexity index is 1710. The van der Waals surface area contributed by atoms with Crippen LogP contribution in [0.2, 0.25) is 0 Å². The topological polar surface area (TPSA) is 121 Å². The van der Waals surface area contributed by atoms with E-state index in [1.807, 2.05) is 13.8 Å². The highest BCUT2D eigenvalue weighted by molar-refractivity contribution is 6.01. The Labute approximate surface area is 245 Å². The lowest BCUT2D eigenvalue weighted by Crippen LogP contribution is -2.55. The van der Waals surface area contributed by atoms with E-state index < -0.39 is 35.1 Å². The van der Waals surface area contributed by atoms with E-state index in [0.29, 0.717) is 42.7 Å². The number of hydrogen-bond acceptors (Lipinski definition) is 8. The zero-order chi connectivity index (χ0) is 30.5. The molecule has 2 saturated heterocycles. The van der Waals surface area contributed by atoms with E-state index in [2.05, 4.69) is 25.3 Å². The van der Waals surface area contributed by atoms with Gasteiger partial charge in [-0.25, -0.2) is 13.2 Å². The van der Waals surface area contributed by atoms with Gasteiger partial charge in [0.25, 0.3) is 6.43 Å². The third-order valence-corrected chi connectivity index (χ3v) is 8.80. The first-order valence-corrected chi connectivity index (χ1v) is 14.0. The number of alkyl halides is 2. The highest BCUT2D eigenvalue weighted by Crippen LogP contribution is 2.48. The van der Waals surface area contributed by atoms with E-state index in [1.165, 1.54) is 12.3 Å². The van der Waals surface area contributed by atoms with Crippen LogP contribution in [0.4, 0.5) is 13.2 Å². The van der Waals surface area contributed by atoms with Gasteiger partial charge in [0.1, 0.15) is 5.82 Å². The predicted octanol–water partition coefficient (Wildman–Crippen LogP) is 5.00. The van der Waals surface area contributed by atoms with Crippen molar-refractivity contribution in [3.63, 3.8) is 0 Å². The summed E-state index contributed by atoms with van der Waals surface area (Å²) in [7, 11) is 0. The maximum atomic E-state index is 16.2. The van der Waals surface area contributed by atoms with Crippen molar-refractivity contribution in [3.05, 3.63) is 77.1 Å². The van der Waals surface area contributed by atoms with E-state index in [0.717, 1.165) is 6.39 Å². The molecule has 2 atom stereocenters. The van der Waals surface area contributed by atoms with Crippen molar-refractivity contribution in [2.45, 2.75) is 57.6 Å². The lowest BCUT2D eigenvalue weighted by atomic mass is 9.66. The molecule has 0 aliphatic carbocycles. The molecular weight excluding hydrogens is 563 g/mol. The Hall–Kier alpha value is -4.16. The molecule has 0 radical (unpaired) electrons. The van der Waals surface area contributed by atoms with Gasteiger partial charge in [0.05, 0.1) is 17.0 Å². The number of nitrogens with zero attached hydrogens (tertiary/aromatic N) is 4. The second-order valence-corrected chi connectivity index (χ2v) is 11.9. The first kappa shape index (κ1) is 28.9. The number of halogens is 3. The van der Waals surface area contributed by atoms with Gasteiger partial charge in [-0.3, -0.25) is 24.8 Å². The molecule has 6 rings (SSSR count). The first-order valence-electron chi connectivity index (χ1n) is 14.0. The molecule has 4 aromatic rings. The molecule has 2 aliphatic heterocycles. The molecule has 2 aliphatic rings. The van der Waals surface area contributed by atoms with E-state index in [-0.39, 0.29) is 46.6 Å². The first-order chi connectivity index (χ1) is 20.5. The number of carbonyl (C=O) groups is 2. The average Bonchev–Trinajstić information content (AvgIpc) is 3.50. The van der Waals surface area contributed by atoms with Crippen LogP contribution in [0.15, 0.2) is 53.5 Å². The minimum Gasteiger partial charge on any atom is -0.384 e. The van der Waals surface area contributed by atoms with Crippen molar-refractivity contribution in [2.75, 3.05) is 13.1 Å². The summed E-state index contributed by atoms with van der Waals surface area (Å²) in [6.45, 7) is 4.81. The van der Waals surface area contributed by atoms with Crippen LogP contribution >= 0.6 is 0 Å². The number of imide groups is 1. The van der Waals surface area contributed by atoms with Crippen LogP contribution in [0.25, 0.3) is 22.3 Å². The van der Waals surface area contributed by atoms with E-state index in [1.54, 1.807) is 30.3 Å². The van der Waals surface area contributed by atoms with Crippen molar-refractivity contribution >= 4 is 22.7 Å². The number of piperidine rings is 2. The van der Waals surface area contributed by atoms with Gasteiger partial charge in [0, 0.05) is 59.7 Å². The molecule has 2 amide bonds. The highest BCUT2D eigenvalue weighted by Gasteiger charge is 2.50. The maximum Gasteiger partial charge on any atom is 0.264 e. The van der Waals surface area contributed by atoms with Gasteiger partial charge < -0.3 is 9.63 Å². The molecule has 0 saturated carbocycles. The summed E-state index contributed by atoms with van der Waals surface area (Å²) in [5.74, 6) is -1.92. The number of nitrogens with one attached hydrogen (secondary N) is 1. The molecule has 2 aromatic carbocycles. The molecule has 43 heavy (non-hydrogen) atoms. The second kappa shape index (κ2) is 10.8. The summed E-state index contributed by atoms with van der Waals surface area (Å²) < 4.78 is 48.7.